The van der Waals surface area contributed by atoms with E-state index in [0.29, 0.717) is 31.0 Å². The van der Waals surface area contributed by atoms with Gasteiger partial charge in [0, 0.05) is 28.9 Å². The topological polar surface area (TPSA) is 51.2 Å². The molecular formula is C22H23ClN2O2S. The number of carbonyl (C=O) groups excluding carboxylic acids is 1. The Morgan fingerprint density at radius 2 is 1.89 bits per heavy atom. The number of nitrogens with one attached hydrogen (secondary N) is 1. The zero-order valence-electron chi connectivity index (χ0n) is 15.8. The van der Waals surface area contributed by atoms with Crippen LogP contribution < -0.4 is 10.1 Å². The van der Waals surface area contributed by atoms with Crippen LogP contribution in [0, 0.1) is 6.92 Å². The summed E-state index contributed by atoms with van der Waals surface area (Å²) < 4.78 is 5.59. The van der Waals surface area contributed by atoms with Gasteiger partial charge in [0.05, 0.1) is 17.3 Å². The Kier molecular flexibility index (Phi) is 7.46. The Morgan fingerprint density at radius 3 is 2.57 bits per heavy atom. The number of halogens is 1. The van der Waals surface area contributed by atoms with Crippen LogP contribution in [0.1, 0.15) is 23.4 Å². The Morgan fingerprint density at radius 1 is 1.14 bits per heavy atom. The van der Waals surface area contributed by atoms with Crippen LogP contribution in [0.15, 0.2) is 53.9 Å². The van der Waals surface area contributed by atoms with Crippen molar-refractivity contribution in [3.8, 4) is 17.0 Å². The number of hydrogen-bond acceptors (Lipinski definition) is 4. The summed E-state index contributed by atoms with van der Waals surface area (Å²) in [7, 11) is 0. The number of ether oxygens (including phenoxy) is 1. The van der Waals surface area contributed by atoms with E-state index >= 15 is 0 Å². The maximum atomic E-state index is 11.9. The van der Waals surface area contributed by atoms with Gasteiger partial charge in [-0.3, -0.25) is 4.79 Å². The molecule has 1 N–H and O–H groups in total. The summed E-state index contributed by atoms with van der Waals surface area (Å²) in [5.41, 5.74) is 3.34. The summed E-state index contributed by atoms with van der Waals surface area (Å²) >= 11 is 7.49. The third kappa shape index (κ3) is 6.36. The third-order valence-corrected chi connectivity index (χ3v) is 5.26. The van der Waals surface area contributed by atoms with Gasteiger partial charge in [-0.05, 0) is 49.6 Å². The van der Waals surface area contributed by atoms with Crippen molar-refractivity contribution in [3.63, 3.8) is 0 Å². The smallest absolute Gasteiger partial charge is 0.220 e. The van der Waals surface area contributed by atoms with Crippen LogP contribution in [0.2, 0.25) is 5.02 Å². The molecule has 0 unspecified atom stereocenters. The Balaban J connectivity index is 1.32. The Bertz CT molecular complexity index is 892. The molecule has 0 aliphatic carbocycles. The first-order chi connectivity index (χ1) is 13.6. The number of nitrogens with zero attached hydrogens (tertiary/aromatic N) is 1. The van der Waals surface area contributed by atoms with E-state index in [-0.39, 0.29) is 5.91 Å². The van der Waals surface area contributed by atoms with Crippen molar-refractivity contribution in [1.29, 1.82) is 0 Å². The Hall–Kier alpha value is -2.37. The van der Waals surface area contributed by atoms with Gasteiger partial charge in [0.25, 0.3) is 0 Å². The van der Waals surface area contributed by atoms with Gasteiger partial charge in [-0.1, -0.05) is 35.9 Å². The van der Waals surface area contributed by atoms with Crippen LogP contribution >= 0.6 is 22.9 Å². The second-order valence-corrected chi connectivity index (χ2v) is 7.95. The number of rotatable bonds is 9. The molecule has 1 aromatic heterocycles. The molecule has 0 fully saturated rings. The zero-order chi connectivity index (χ0) is 19.8. The quantitative estimate of drug-likeness (QED) is 0.484. The van der Waals surface area contributed by atoms with Crippen molar-refractivity contribution < 1.29 is 9.53 Å². The van der Waals surface area contributed by atoms with Crippen molar-refractivity contribution in [2.75, 3.05) is 13.2 Å². The lowest BCUT2D eigenvalue weighted by Gasteiger charge is -2.08. The predicted octanol–water partition coefficient (Wildman–Crippen LogP) is 5.29. The second kappa shape index (κ2) is 10.2. The van der Waals surface area contributed by atoms with Gasteiger partial charge in [0.15, 0.2) is 0 Å². The summed E-state index contributed by atoms with van der Waals surface area (Å²) in [6, 6.07) is 15.6. The first-order valence-electron chi connectivity index (χ1n) is 9.27. The second-order valence-electron chi connectivity index (χ2n) is 6.45. The van der Waals surface area contributed by atoms with E-state index in [1.165, 1.54) is 5.56 Å². The highest BCUT2D eigenvalue weighted by Gasteiger charge is 2.04. The van der Waals surface area contributed by atoms with E-state index in [1.54, 1.807) is 23.5 Å². The molecule has 0 atom stereocenters. The van der Waals surface area contributed by atoms with E-state index < -0.39 is 0 Å². The molecule has 28 heavy (non-hydrogen) atoms. The summed E-state index contributed by atoms with van der Waals surface area (Å²) in [6.45, 7) is 3.15. The number of aryl methyl sites for hydroxylation is 1. The molecule has 0 saturated carbocycles. The highest BCUT2D eigenvalue weighted by atomic mass is 35.5. The van der Waals surface area contributed by atoms with Gasteiger partial charge < -0.3 is 10.1 Å². The Labute approximate surface area is 174 Å². The van der Waals surface area contributed by atoms with Crippen molar-refractivity contribution in [2.45, 2.75) is 26.2 Å². The lowest BCUT2D eigenvalue weighted by Crippen LogP contribution is -2.25. The van der Waals surface area contributed by atoms with Gasteiger partial charge in [-0.2, -0.15) is 0 Å². The van der Waals surface area contributed by atoms with Gasteiger partial charge >= 0.3 is 0 Å². The molecule has 0 aliphatic rings. The monoisotopic (exact) mass is 414 g/mol. The van der Waals surface area contributed by atoms with Crippen molar-refractivity contribution in [3.05, 3.63) is 69.5 Å². The molecule has 4 nitrogen and oxygen atoms in total. The largest absolute Gasteiger partial charge is 0.494 e. The standard InChI is InChI=1S/C22H23ClN2O2S/c1-16-25-21(15-28-16)18-6-4-17(5-7-18)12-13-24-22(26)3-2-14-27-20-10-8-19(23)9-11-20/h4-11,15H,2-3,12-14H2,1H3,(H,24,26). The van der Waals surface area contributed by atoms with Crippen LogP contribution in [-0.4, -0.2) is 24.0 Å². The SMILES string of the molecule is Cc1nc(-c2ccc(CCNC(=O)CCCOc3ccc(Cl)cc3)cc2)cs1. The molecular weight excluding hydrogens is 392 g/mol. The highest BCUT2D eigenvalue weighted by Crippen LogP contribution is 2.21. The minimum atomic E-state index is 0.0503. The fourth-order valence-corrected chi connectivity index (χ4v) is 3.47. The maximum Gasteiger partial charge on any atom is 0.220 e. The number of hydrogen-bond donors (Lipinski definition) is 1. The number of carbonyl (C=O) groups is 1. The minimum absolute atomic E-state index is 0.0503. The molecule has 1 amide bonds. The highest BCUT2D eigenvalue weighted by molar-refractivity contribution is 7.09. The van der Waals surface area contributed by atoms with Crippen LogP contribution in [-0.2, 0) is 11.2 Å². The van der Waals surface area contributed by atoms with Crippen LogP contribution in [0.3, 0.4) is 0 Å². The first kappa shape index (κ1) is 20.4. The molecule has 0 radical (unpaired) electrons. The first-order valence-corrected chi connectivity index (χ1v) is 10.5. The molecule has 0 aliphatic heterocycles. The molecule has 1 heterocycles. The van der Waals surface area contributed by atoms with Crippen LogP contribution in [0.5, 0.6) is 5.75 Å². The van der Waals surface area contributed by atoms with E-state index in [4.69, 9.17) is 16.3 Å². The molecule has 0 spiro atoms. The van der Waals surface area contributed by atoms with Crippen molar-refractivity contribution in [1.82, 2.24) is 10.3 Å². The van der Waals surface area contributed by atoms with E-state index in [2.05, 4.69) is 39.9 Å². The van der Waals surface area contributed by atoms with Gasteiger partial charge in [0.1, 0.15) is 5.75 Å². The molecule has 0 saturated heterocycles. The van der Waals surface area contributed by atoms with E-state index in [9.17, 15) is 4.79 Å². The van der Waals surface area contributed by atoms with Crippen molar-refractivity contribution in [2.24, 2.45) is 0 Å². The molecule has 3 rings (SSSR count). The maximum absolute atomic E-state index is 11.9. The number of thiazole rings is 1. The normalized spacial score (nSPS) is 10.6. The molecule has 2 aromatic carbocycles. The average molecular weight is 415 g/mol. The number of amides is 1. The van der Waals surface area contributed by atoms with E-state index in [1.807, 2.05) is 19.1 Å². The summed E-state index contributed by atoms with van der Waals surface area (Å²) in [6.07, 6.45) is 1.94. The fraction of sp³-hybridized carbons (Fsp3) is 0.273. The molecule has 3 aromatic rings. The number of benzene rings is 2. The van der Waals surface area contributed by atoms with Gasteiger partial charge in [-0.15, -0.1) is 11.3 Å². The fourth-order valence-electron chi connectivity index (χ4n) is 2.73. The summed E-state index contributed by atoms with van der Waals surface area (Å²) in [5.74, 6) is 0.815. The van der Waals surface area contributed by atoms with Gasteiger partial charge in [-0.25, -0.2) is 4.98 Å². The van der Waals surface area contributed by atoms with Crippen LogP contribution in [0.4, 0.5) is 0 Å². The van der Waals surface area contributed by atoms with Crippen molar-refractivity contribution >= 4 is 28.8 Å². The number of aromatic nitrogens is 1. The molecule has 0 bridgehead atoms. The minimum Gasteiger partial charge on any atom is -0.494 e. The van der Waals surface area contributed by atoms with E-state index in [0.717, 1.165) is 28.4 Å². The van der Waals surface area contributed by atoms with Gasteiger partial charge in [0.2, 0.25) is 5.91 Å². The average Bonchev–Trinajstić information content (AvgIpc) is 3.13. The predicted molar refractivity (Wildman–Crippen MR) is 115 cm³/mol. The zero-order valence-corrected chi connectivity index (χ0v) is 17.4. The summed E-state index contributed by atoms with van der Waals surface area (Å²) in [4.78, 5) is 16.4. The lowest BCUT2D eigenvalue weighted by atomic mass is 10.1. The lowest BCUT2D eigenvalue weighted by molar-refractivity contribution is -0.121. The van der Waals surface area contributed by atoms with Crippen LogP contribution in [0.25, 0.3) is 11.3 Å². The molecule has 146 valence electrons. The third-order valence-electron chi connectivity index (χ3n) is 4.24. The molecule has 6 heteroatoms. The summed E-state index contributed by atoms with van der Waals surface area (Å²) in [5, 5.41) is 6.78.